The summed E-state index contributed by atoms with van der Waals surface area (Å²) in [5, 5.41) is -3.83. The van der Waals surface area contributed by atoms with Gasteiger partial charge in [-0.15, -0.1) is 0 Å². The summed E-state index contributed by atoms with van der Waals surface area (Å²) in [6.07, 6.45) is 0. The maximum Gasteiger partial charge on any atom is 0.516 e. The first-order chi connectivity index (χ1) is 15.5. The Hall–Kier alpha value is -1.37. The van der Waals surface area contributed by atoms with Gasteiger partial charge in [-0.3, -0.25) is 9.44 Å². The molecule has 21 heteroatoms. The molecule has 2 aromatic carbocycles. The van der Waals surface area contributed by atoms with Crippen LogP contribution in [-0.2, 0) is 29.9 Å². The molecule has 0 spiro atoms. The summed E-state index contributed by atoms with van der Waals surface area (Å²) in [5.41, 5.74) is -13.4. The minimum atomic E-state index is -5.95. The second kappa shape index (κ2) is 9.50. The Morgan fingerprint density at radius 1 is 0.543 bits per heavy atom. The van der Waals surface area contributed by atoms with Crippen molar-refractivity contribution in [1.82, 2.24) is 0 Å². The molecule has 2 N–H and O–H groups in total. The van der Waals surface area contributed by atoms with Crippen LogP contribution in [0.25, 0.3) is 0 Å². The SMILES string of the molecule is O=S(=O)(c1ccc(NS(=O)(=O)C(F)(F)F)c(Cl)c1Cl)c1ccc(NS(=O)(=O)C(F)(F)F)c(Cl)c1Cl. The minimum absolute atomic E-state index is 0.533. The van der Waals surface area contributed by atoms with E-state index in [1.54, 1.807) is 0 Å². The van der Waals surface area contributed by atoms with Crippen molar-refractivity contribution in [2.45, 2.75) is 20.8 Å². The molecule has 2 aromatic rings. The Morgan fingerprint density at radius 3 is 1.09 bits per heavy atom. The van der Waals surface area contributed by atoms with E-state index in [9.17, 15) is 51.6 Å². The van der Waals surface area contributed by atoms with Gasteiger partial charge in [-0.25, -0.2) is 8.42 Å². The van der Waals surface area contributed by atoms with Crippen LogP contribution in [0.15, 0.2) is 34.1 Å². The quantitative estimate of drug-likeness (QED) is 0.389. The molecule has 0 heterocycles. The highest BCUT2D eigenvalue weighted by molar-refractivity contribution is 7.94. The van der Waals surface area contributed by atoms with E-state index in [1.807, 2.05) is 0 Å². The fraction of sp³-hybridized carbons (Fsp3) is 0.143. The number of halogens is 10. The molecule has 0 radical (unpaired) electrons. The van der Waals surface area contributed by atoms with E-state index in [1.165, 1.54) is 0 Å². The van der Waals surface area contributed by atoms with Gasteiger partial charge in [0, 0.05) is 0 Å². The van der Waals surface area contributed by atoms with Crippen LogP contribution in [0.3, 0.4) is 0 Å². The molecule has 0 fully saturated rings. The summed E-state index contributed by atoms with van der Waals surface area (Å²) in [4.78, 5) is -1.83. The van der Waals surface area contributed by atoms with Gasteiger partial charge in [-0.05, 0) is 24.3 Å². The van der Waals surface area contributed by atoms with Crippen molar-refractivity contribution in [2.24, 2.45) is 0 Å². The first-order valence-corrected chi connectivity index (χ1v) is 13.9. The van der Waals surface area contributed by atoms with Crippen LogP contribution in [-0.4, -0.2) is 36.3 Å². The lowest BCUT2D eigenvalue weighted by Crippen LogP contribution is -2.30. The highest BCUT2D eigenvalue weighted by atomic mass is 35.5. The molecular formula is C14H6Cl4F6N2O6S3. The Kier molecular flexibility index (Phi) is 8.10. The summed E-state index contributed by atoms with van der Waals surface area (Å²) >= 11 is 23.1. The van der Waals surface area contributed by atoms with E-state index >= 15 is 0 Å². The van der Waals surface area contributed by atoms with E-state index in [2.05, 4.69) is 0 Å². The number of sulfonamides is 2. The Balaban J connectivity index is 2.58. The molecule has 0 saturated carbocycles. The van der Waals surface area contributed by atoms with Crippen LogP contribution < -0.4 is 9.44 Å². The van der Waals surface area contributed by atoms with Gasteiger partial charge in [-0.1, -0.05) is 46.4 Å². The van der Waals surface area contributed by atoms with Crippen molar-refractivity contribution in [3.05, 3.63) is 44.4 Å². The lowest BCUT2D eigenvalue weighted by Gasteiger charge is -2.16. The van der Waals surface area contributed by atoms with E-state index in [0.29, 0.717) is 24.3 Å². The lowest BCUT2D eigenvalue weighted by molar-refractivity contribution is -0.0435. The smallest absolute Gasteiger partial charge is 0.274 e. The highest BCUT2D eigenvalue weighted by Gasteiger charge is 2.47. The van der Waals surface area contributed by atoms with Crippen molar-refractivity contribution in [3.63, 3.8) is 0 Å². The summed E-state index contributed by atoms with van der Waals surface area (Å²) in [7, 11) is -16.8. The Labute approximate surface area is 213 Å². The van der Waals surface area contributed by atoms with Crippen molar-refractivity contribution < 1.29 is 51.6 Å². The van der Waals surface area contributed by atoms with Crippen molar-refractivity contribution in [1.29, 1.82) is 0 Å². The molecule has 0 unspecified atom stereocenters. The maximum absolute atomic E-state index is 13.0. The average Bonchev–Trinajstić information content (AvgIpc) is 2.66. The summed E-state index contributed by atoms with van der Waals surface area (Å²) in [6.45, 7) is 0. The van der Waals surface area contributed by atoms with E-state index in [-0.39, 0.29) is 0 Å². The highest BCUT2D eigenvalue weighted by Crippen LogP contribution is 2.43. The van der Waals surface area contributed by atoms with E-state index in [4.69, 9.17) is 46.4 Å². The van der Waals surface area contributed by atoms with Crippen LogP contribution >= 0.6 is 46.4 Å². The number of benzene rings is 2. The Morgan fingerprint density at radius 2 is 0.829 bits per heavy atom. The lowest BCUT2D eigenvalue weighted by atomic mass is 10.3. The van der Waals surface area contributed by atoms with Crippen LogP contribution in [0, 0.1) is 0 Å². The molecular weight excluding hydrogens is 644 g/mol. The third kappa shape index (κ3) is 5.80. The molecule has 2 rings (SSSR count). The van der Waals surface area contributed by atoms with Crippen LogP contribution in [0.4, 0.5) is 37.7 Å². The predicted molar refractivity (Wildman–Crippen MR) is 116 cm³/mol. The van der Waals surface area contributed by atoms with Gasteiger partial charge in [0.2, 0.25) is 9.84 Å². The number of anilines is 2. The standard InChI is InChI=1S/C14H6Cl4F6N2O6S3/c15-9-5(25-34(29,30)13(19,20)21)1-3-7(11(9)17)33(27,28)8-4-2-6(10(16)12(8)18)26-35(31,32)14(22,23)24/h1-4,25-26H. The Bertz CT molecular complexity index is 1400. The fourth-order valence-corrected chi connectivity index (χ4v) is 6.31. The van der Waals surface area contributed by atoms with Gasteiger partial charge in [-0.2, -0.15) is 43.2 Å². The predicted octanol–water partition coefficient (Wildman–Crippen LogP) is 5.66. The monoisotopic (exact) mass is 648 g/mol. The first kappa shape index (κ1) is 29.9. The zero-order chi connectivity index (χ0) is 27.4. The van der Waals surface area contributed by atoms with Gasteiger partial charge >= 0.3 is 31.1 Å². The summed E-state index contributed by atoms with van der Waals surface area (Å²) < 4.78 is 149. The molecule has 0 amide bonds. The van der Waals surface area contributed by atoms with Gasteiger partial charge in [0.15, 0.2) is 0 Å². The molecule has 0 aliphatic rings. The molecule has 0 atom stereocenters. The van der Waals surface area contributed by atoms with Crippen LogP contribution in [0.2, 0.25) is 20.1 Å². The van der Waals surface area contributed by atoms with Gasteiger partial charge in [0.1, 0.15) is 0 Å². The number of nitrogens with one attached hydrogen (secondary N) is 2. The number of alkyl halides is 6. The largest absolute Gasteiger partial charge is 0.516 e. The number of hydrogen-bond acceptors (Lipinski definition) is 6. The fourth-order valence-electron chi connectivity index (χ4n) is 2.16. The molecule has 0 aliphatic heterocycles. The zero-order valence-corrected chi connectivity index (χ0v) is 21.2. The van der Waals surface area contributed by atoms with E-state index in [0.717, 1.165) is 9.44 Å². The maximum atomic E-state index is 13.0. The molecule has 0 bridgehead atoms. The van der Waals surface area contributed by atoms with E-state index < -0.39 is 82.2 Å². The van der Waals surface area contributed by atoms with Crippen LogP contribution in [0.1, 0.15) is 0 Å². The van der Waals surface area contributed by atoms with Gasteiger partial charge in [0.05, 0.1) is 41.3 Å². The third-order valence-corrected chi connectivity index (χ3v) is 9.79. The summed E-state index contributed by atoms with van der Waals surface area (Å²) in [6, 6.07) is 2.18. The van der Waals surface area contributed by atoms with Crippen molar-refractivity contribution in [3.8, 4) is 0 Å². The molecule has 0 saturated heterocycles. The second-order valence-corrected chi connectivity index (χ2v) is 12.8. The molecule has 35 heavy (non-hydrogen) atoms. The molecule has 0 aromatic heterocycles. The second-order valence-electron chi connectivity index (χ2n) is 6.08. The molecule has 8 nitrogen and oxygen atoms in total. The van der Waals surface area contributed by atoms with Crippen LogP contribution in [0.5, 0.6) is 0 Å². The zero-order valence-electron chi connectivity index (χ0n) is 15.8. The first-order valence-electron chi connectivity index (χ1n) is 7.94. The van der Waals surface area contributed by atoms with Gasteiger partial charge in [0.25, 0.3) is 0 Å². The average molecular weight is 650 g/mol. The third-order valence-electron chi connectivity index (χ3n) is 3.77. The number of rotatable bonds is 6. The minimum Gasteiger partial charge on any atom is -0.274 e. The summed E-state index contributed by atoms with van der Waals surface area (Å²) in [5.74, 6) is 0. The van der Waals surface area contributed by atoms with Gasteiger partial charge < -0.3 is 0 Å². The molecule has 0 aliphatic carbocycles. The number of hydrogen-bond donors (Lipinski definition) is 2. The topological polar surface area (TPSA) is 126 Å². The number of sulfone groups is 1. The normalized spacial score (nSPS) is 13.5. The molecule has 196 valence electrons. The van der Waals surface area contributed by atoms with Crippen molar-refractivity contribution in [2.75, 3.05) is 9.44 Å². The van der Waals surface area contributed by atoms with Crippen molar-refractivity contribution >= 4 is 87.7 Å².